The molecule has 1 aliphatic heterocycles. The van der Waals surface area contributed by atoms with Gasteiger partial charge in [-0.05, 0) is 12.1 Å². The highest BCUT2D eigenvalue weighted by Gasteiger charge is 2.17. The van der Waals surface area contributed by atoms with Crippen LogP contribution in [0.25, 0.3) is 11.3 Å². The molecule has 0 radical (unpaired) electrons. The molecule has 0 bridgehead atoms. The molecule has 1 aromatic heterocycles. The van der Waals surface area contributed by atoms with E-state index in [4.69, 9.17) is 26.8 Å². The maximum absolute atomic E-state index is 6.23. The van der Waals surface area contributed by atoms with E-state index in [1.165, 1.54) is 0 Å². The van der Waals surface area contributed by atoms with E-state index in [0.29, 0.717) is 41.2 Å². The van der Waals surface area contributed by atoms with E-state index in [1.807, 2.05) is 6.07 Å². The zero-order valence-corrected chi connectivity index (χ0v) is 10.9. The molecule has 2 aromatic rings. The second-order valence-corrected chi connectivity index (χ2v) is 4.53. The number of hydrogen-bond acceptors (Lipinski definition) is 5. The van der Waals surface area contributed by atoms with E-state index in [0.717, 1.165) is 12.0 Å². The summed E-state index contributed by atoms with van der Waals surface area (Å²) in [5.74, 6) is 1.54. The van der Waals surface area contributed by atoms with E-state index < -0.39 is 0 Å². The van der Waals surface area contributed by atoms with Crippen LogP contribution >= 0.6 is 11.6 Å². The standard InChI is InChI=1S/C13H12ClN3O2/c14-9-6-8(11-13(15)17-3-2-16-11)7-10-12(9)19-5-1-4-18-10/h2-3,6-7H,1,4-5H2,(H2,15,17). The van der Waals surface area contributed by atoms with Gasteiger partial charge in [0.1, 0.15) is 11.5 Å². The van der Waals surface area contributed by atoms with Crippen LogP contribution in [0, 0.1) is 0 Å². The first-order valence-electron chi connectivity index (χ1n) is 5.91. The summed E-state index contributed by atoms with van der Waals surface area (Å²) in [6.45, 7) is 1.20. The molecule has 0 aliphatic carbocycles. The highest BCUT2D eigenvalue weighted by atomic mass is 35.5. The summed E-state index contributed by atoms with van der Waals surface area (Å²) >= 11 is 6.23. The summed E-state index contributed by atoms with van der Waals surface area (Å²) in [4.78, 5) is 8.24. The molecule has 2 heterocycles. The fourth-order valence-electron chi connectivity index (χ4n) is 1.94. The average molecular weight is 278 g/mol. The second-order valence-electron chi connectivity index (χ2n) is 4.13. The van der Waals surface area contributed by atoms with Crippen LogP contribution in [0.2, 0.25) is 5.02 Å². The van der Waals surface area contributed by atoms with E-state index in [1.54, 1.807) is 18.5 Å². The van der Waals surface area contributed by atoms with Gasteiger partial charge in [-0.1, -0.05) is 11.6 Å². The predicted molar refractivity (Wildman–Crippen MR) is 72.5 cm³/mol. The molecule has 0 fully saturated rings. The molecule has 1 aromatic carbocycles. The molecule has 3 rings (SSSR count). The summed E-state index contributed by atoms with van der Waals surface area (Å²) in [5.41, 5.74) is 7.17. The third kappa shape index (κ3) is 2.29. The van der Waals surface area contributed by atoms with Gasteiger partial charge < -0.3 is 15.2 Å². The Kier molecular flexibility index (Phi) is 3.13. The molecule has 0 amide bonds. The molecule has 5 nitrogen and oxygen atoms in total. The number of hydrogen-bond donors (Lipinski definition) is 1. The van der Waals surface area contributed by atoms with Gasteiger partial charge in [0.15, 0.2) is 11.5 Å². The Morgan fingerprint density at radius 2 is 1.89 bits per heavy atom. The largest absolute Gasteiger partial charge is 0.489 e. The van der Waals surface area contributed by atoms with Crippen molar-refractivity contribution in [3.8, 4) is 22.8 Å². The highest BCUT2D eigenvalue weighted by Crippen LogP contribution is 2.40. The molecule has 6 heteroatoms. The minimum absolute atomic E-state index is 0.355. The van der Waals surface area contributed by atoms with Crippen molar-refractivity contribution in [3.63, 3.8) is 0 Å². The van der Waals surface area contributed by atoms with E-state index in [9.17, 15) is 0 Å². The number of benzene rings is 1. The summed E-state index contributed by atoms with van der Waals surface area (Å²) in [6.07, 6.45) is 3.96. The van der Waals surface area contributed by atoms with E-state index >= 15 is 0 Å². The van der Waals surface area contributed by atoms with Gasteiger partial charge in [-0.2, -0.15) is 0 Å². The van der Waals surface area contributed by atoms with Crippen molar-refractivity contribution in [3.05, 3.63) is 29.5 Å². The smallest absolute Gasteiger partial charge is 0.179 e. The molecule has 0 atom stereocenters. The molecule has 0 saturated carbocycles. The van der Waals surface area contributed by atoms with Crippen molar-refractivity contribution >= 4 is 17.4 Å². The van der Waals surface area contributed by atoms with Crippen LogP contribution in [0.5, 0.6) is 11.5 Å². The molecule has 0 saturated heterocycles. The lowest BCUT2D eigenvalue weighted by atomic mass is 10.1. The van der Waals surface area contributed by atoms with Crippen molar-refractivity contribution in [1.82, 2.24) is 9.97 Å². The Hall–Kier alpha value is -2.01. The van der Waals surface area contributed by atoms with E-state index in [2.05, 4.69) is 9.97 Å². The molecule has 19 heavy (non-hydrogen) atoms. The number of aromatic nitrogens is 2. The molecule has 98 valence electrons. The number of nitrogen functional groups attached to an aromatic ring is 1. The zero-order valence-electron chi connectivity index (χ0n) is 10.1. The number of halogens is 1. The average Bonchev–Trinajstić information content (AvgIpc) is 2.65. The molecule has 1 aliphatic rings. The minimum Gasteiger partial charge on any atom is -0.489 e. The normalized spacial score (nSPS) is 13.9. The summed E-state index contributed by atoms with van der Waals surface area (Å²) in [5, 5.41) is 0.486. The minimum atomic E-state index is 0.355. The lowest BCUT2D eigenvalue weighted by Gasteiger charge is -2.11. The van der Waals surface area contributed by atoms with Gasteiger partial charge in [-0.25, -0.2) is 4.98 Å². The van der Waals surface area contributed by atoms with Crippen LogP contribution in [-0.4, -0.2) is 23.2 Å². The number of fused-ring (bicyclic) bond motifs is 1. The lowest BCUT2D eigenvalue weighted by Crippen LogP contribution is -1.98. The third-order valence-corrected chi connectivity index (χ3v) is 3.08. The number of anilines is 1. The fourth-order valence-corrected chi connectivity index (χ4v) is 2.20. The van der Waals surface area contributed by atoms with Gasteiger partial charge in [0.05, 0.1) is 18.2 Å². The molecular formula is C13H12ClN3O2. The van der Waals surface area contributed by atoms with Crippen molar-refractivity contribution in [1.29, 1.82) is 0 Å². The van der Waals surface area contributed by atoms with Crippen molar-refractivity contribution < 1.29 is 9.47 Å². The van der Waals surface area contributed by atoms with Crippen LogP contribution in [0.4, 0.5) is 5.82 Å². The van der Waals surface area contributed by atoms with Crippen LogP contribution in [0.15, 0.2) is 24.5 Å². The van der Waals surface area contributed by atoms with Crippen molar-refractivity contribution in [2.75, 3.05) is 18.9 Å². The number of ether oxygens (including phenoxy) is 2. The highest BCUT2D eigenvalue weighted by molar-refractivity contribution is 6.32. The quantitative estimate of drug-likeness (QED) is 0.867. The maximum Gasteiger partial charge on any atom is 0.179 e. The van der Waals surface area contributed by atoms with Gasteiger partial charge in [-0.3, -0.25) is 4.98 Å². The van der Waals surface area contributed by atoms with Gasteiger partial charge in [0, 0.05) is 24.4 Å². The van der Waals surface area contributed by atoms with Gasteiger partial charge in [0.2, 0.25) is 0 Å². The Bertz CT molecular complexity index is 619. The van der Waals surface area contributed by atoms with Gasteiger partial charge >= 0.3 is 0 Å². The fraction of sp³-hybridized carbons (Fsp3) is 0.231. The topological polar surface area (TPSA) is 70.3 Å². The molecular weight excluding hydrogens is 266 g/mol. The van der Waals surface area contributed by atoms with Gasteiger partial charge in [0.25, 0.3) is 0 Å². The first-order chi connectivity index (χ1) is 9.25. The first-order valence-corrected chi connectivity index (χ1v) is 6.29. The van der Waals surface area contributed by atoms with Crippen molar-refractivity contribution in [2.45, 2.75) is 6.42 Å². The zero-order chi connectivity index (χ0) is 13.2. The summed E-state index contributed by atoms with van der Waals surface area (Å²) < 4.78 is 11.2. The molecule has 0 spiro atoms. The van der Waals surface area contributed by atoms with Crippen LogP contribution in [0.3, 0.4) is 0 Å². The molecule has 0 unspecified atom stereocenters. The monoisotopic (exact) mass is 277 g/mol. The van der Waals surface area contributed by atoms with Crippen molar-refractivity contribution in [2.24, 2.45) is 0 Å². The Labute approximate surface area is 115 Å². The van der Waals surface area contributed by atoms with Crippen LogP contribution < -0.4 is 15.2 Å². The number of nitrogens with zero attached hydrogens (tertiary/aromatic N) is 2. The van der Waals surface area contributed by atoms with Gasteiger partial charge in [-0.15, -0.1) is 0 Å². The Morgan fingerprint density at radius 3 is 2.74 bits per heavy atom. The number of rotatable bonds is 1. The first kappa shape index (κ1) is 12.0. The van der Waals surface area contributed by atoms with Crippen LogP contribution in [-0.2, 0) is 0 Å². The molecule has 2 N–H and O–H groups in total. The summed E-state index contributed by atoms with van der Waals surface area (Å²) in [7, 11) is 0. The van der Waals surface area contributed by atoms with E-state index in [-0.39, 0.29) is 0 Å². The maximum atomic E-state index is 6.23. The van der Waals surface area contributed by atoms with Crippen LogP contribution in [0.1, 0.15) is 6.42 Å². The lowest BCUT2D eigenvalue weighted by molar-refractivity contribution is 0.297. The third-order valence-electron chi connectivity index (χ3n) is 2.80. The number of nitrogens with two attached hydrogens (primary N) is 1. The SMILES string of the molecule is Nc1nccnc1-c1cc(Cl)c2c(c1)OCCCO2. The predicted octanol–water partition coefficient (Wildman–Crippen LogP) is 2.54. The Balaban J connectivity index is 2.12. The second kappa shape index (κ2) is 4.93. The summed E-state index contributed by atoms with van der Waals surface area (Å²) in [6, 6.07) is 3.59. The Morgan fingerprint density at radius 1 is 1.11 bits per heavy atom.